The number of nitrogens with one attached hydrogen (secondary N) is 1. The molecule has 0 unspecified atom stereocenters. The Labute approximate surface area is 143 Å². The van der Waals surface area contributed by atoms with E-state index in [4.69, 9.17) is 9.47 Å². The van der Waals surface area contributed by atoms with E-state index in [1.165, 1.54) is 26.5 Å². The minimum Gasteiger partial charge on any atom is -0.507 e. The van der Waals surface area contributed by atoms with Crippen LogP contribution in [0.4, 0.5) is 0 Å². The quantitative estimate of drug-likeness (QED) is 0.545. The summed E-state index contributed by atoms with van der Waals surface area (Å²) in [5.41, 5.74) is 3.91. The van der Waals surface area contributed by atoms with Gasteiger partial charge >= 0.3 is 0 Å². The number of hydrogen-bond acceptors (Lipinski definition) is 6. The molecule has 0 radical (unpaired) electrons. The molecule has 0 saturated carbocycles. The number of pyridine rings is 1. The molecule has 1 aromatic carbocycles. The molecule has 25 heavy (non-hydrogen) atoms. The number of aromatic hydroxyl groups is 1. The van der Waals surface area contributed by atoms with Gasteiger partial charge in [-0.25, -0.2) is 10.4 Å². The summed E-state index contributed by atoms with van der Waals surface area (Å²) in [4.78, 5) is 16.3. The zero-order chi connectivity index (χ0) is 17.8. The van der Waals surface area contributed by atoms with Crippen LogP contribution in [-0.4, -0.2) is 40.8 Å². The van der Waals surface area contributed by atoms with Gasteiger partial charge in [-0.2, -0.15) is 5.10 Å². The van der Waals surface area contributed by atoms with Crippen molar-refractivity contribution in [3.63, 3.8) is 0 Å². The first kappa shape index (κ1) is 16.3. The lowest BCUT2D eigenvalue weighted by Crippen LogP contribution is -2.18. The fourth-order valence-electron chi connectivity index (χ4n) is 2.28. The van der Waals surface area contributed by atoms with Gasteiger partial charge in [0.15, 0.2) is 0 Å². The molecule has 128 valence electrons. The van der Waals surface area contributed by atoms with Gasteiger partial charge in [-0.3, -0.25) is 4.79 Å². The average Bonchev–Trinajstić information content (AvgIpc) is 3.10. The summed E-state index contributed by atoms with van der Waals surface area (Å²) in [5.74, 6) is 0.353. The number of rotatable bonds is 5. The molecule has 0 aliphatic heterocycles. The van der Waals surface area contributed by atoms with Gasteiger partial charge in [0.1, 0.15) is 22.9 Å². The maximum absolute atomic E-state index is 12.2. The van der Waals surface area contributed by atoms with Gasteiger partial charge in [0.2, 0.25) is 0 Å². The van der Waals surface area contributed by atoms with Crippen molar-refractivity contribution in [2.24, 2.45) is 5.10 Å². The van der Waals surface area contributed by atoms with Gasteiger partial charge in [0.05, 0.1) is 31.6 Å². The highest BCUT2D eigenvalue weighted by atomic mass is 16.5. The van der Waals surface area contributed by atoms with E-state index in [0.29, 0.717) is 22.6 Å². The molecule has 1 amide bonds. The van der Waals surface area contributed by atoms with Crippen LogP contribution in [0.1, 0.15) is 15.9 Å². The van der Waals surface area contributed by atoms with Crippen molar-refractivity contribution in [2.45, 2.75) is 0 Å². The molecule has 0 fully saturated rings. The van der Waals surface area contributed by atoms with Crippen molar-refractivity contribution in [2.75, 3.05) is 14.2 Å². The van der Waals surface area contributed by atoms with Gasteiger partial charge < -0.3 is 19.0 Å². The first-order valence-electron chi connectivity index (χ1n) is 7.33. The van der Waals surface area contributed by atoms with Crippen LogP contribution in [0.15, 0.2) is 48.0 Å². The highest BCUT2D eigenvalue weighted by molar-refractivity contribution is 5.95. The number of methoxy groups -OCH3 is 2. The predicted octanol–water partition coefficient (Wildman–Crippen LogP) is 1.82. The molecule has 8 heteroatoms. The minimum absolute atomic E-state index is 0.0750. The van der Waals surface area contributed by atoms with Crippen molar-refractivity contribution in [3.05, 3.63) is 54.0 Å². The molecule has 0 aliphatic rings. The molecule has 0 aliphatic carbocycles. The van der Waals surface area contributed by atoms with Crippen molar-refractivity contribution in [3.8, 4) is 17.2 Å². The third-order valence-electron chi connectivity index (χ3n) is 3.56. The average molecular weight is 340 g/mol. The highest BCUT2D eigenvalue weighted by Crippen LogP contribution is 2.31. The number of hydrazone groups is 1. The number of hydrogen-bond donors (Lipinski definition) is 2. The Kier molecular flexibility index (Phi) is 4.51. The van der Waals surface area contributed by atoms with Crippen molar-refractivity contribution in [1.82, 2.24) is 14.8 Å². The Hall–Kier alpha value is -3.55. The highest BCUT2D eigenvalue weighted by Gasteiger charge is 2.10. The lowest BCUT2D eigenvalue weighted by atomic mass is 10.2. The van der Waals surface area contributed by atoms with E-state index in [9.17, 15) is 9.90 Å². The van der Waals surface area contributed by atoms with Crippen molar-refractivity contribution in [1.29, 1.82) is 0 Å². The summed E-state index contributed by atoms with van der Waals surface area (Å²) < 4.78 is 12.0. The molecule has 0 bridgehead atoms. The van der Waals surface area contributed by atoms with E-state index in [1.54, 1.807) is 41.2 Å². The normalized spacial score (nSPS) is 11.0. The molecule has 0 atom stereocenters. The SMILES string of the molecule is COc1cc(O)c(/C=N\NC(=O)c2ccc3nccn3c2)c(OC)c1. The topological polar surface area (TPSA) is 97.5 Å². The number of carbonyl (C=O) groups is 1. The zero-order valence-electron chi connectivity index (χ0n) is 13.6. The molecular weight excluding hydrogens is 324 g/mol. The summed E-state index contributed by atoms with van der Waals surface area (Å²) in [7, 11) is 2.95. The largest absolute Gasteiger partial charge is 0.507 e. The molecule has 3 aromatic rings. The van der Waals surface area contributed by atoms with E-state index in [-0.39, 0.29) is 11.7 Å². The van der Waals surface area contributed by atoms with Crippen LogP contribution in [0.3, 0.4) is 0 Å². The first-order valence-corrected chi connectivity index (χ1v) is 7.33. The fraction of sp³-hybridized carbons (Fsp3) is 0.118. The molecule has 0 spiro atoms. The fourth-order valence-corrected chi connectivity index (χ4v) is 2.28. The third-order valence-corrected chi connectivity index (χ3v) is 3.56. The number of nitrogens with zero attached hydrogens (tertiary/aromatic N) is 3. The number of ether oxygens (including phenoxy) is 2. The molecule has 2 N–H and O–H groups in total. The summed E-state index contributed by atoms with van der Waals surface area (Å²) >= 11 is 0. The number of carbonyl (C=O) groups excluding carboxylic acids is 1. The summed E-state index contributed by atoms with van der Waals surface area (Å²) in [6.07, 6.45) is 6.35. The number of fused-ring (bicyclic) bond motifs is 1. The van der Waals surface area contributed by atoms with Gasteiger partial charge in [-0.05, 0) is 12.1 Å². The van der Waals surface area contributed by atoms with E-state index < -0.39 is 0 Å². The van der Waals surface area contributed by atoms with Crippen molar-refractivity contribution >= 4 is 17.8 Å². The maximum Gasteiger partial charge on any atom is 0.272 e. The zero-order valence-corrected chi connectivity index (χ0v) is 13.6. The second-order valence-electron chi connectivity index (χ2n) is 5.07. The maximum atomic E-state index is 12.2. The Morgan fingerprint density at radius 3 is 2.92 bits per heavy atom. The minimum atomic E-state index is -0.390. The van der Waals surface area contributed by atoms with Crippen LogP contribution in [0, 0.1) is 0 Å². The van der Waals surface area contributed by atoms with E-state index >= 15 is 0 Å². The van der Waals surface area contributed by atoms with Crippen LogP contribution < -0.4 is 14.9 Å². The molecule has 3 rings (SSSR count). The first-order chi connectivity index (χ1) is 12.1. The third kappa shape index (κ3) is 3.37. The van der Waals surface area contributed by atoms with Crippen LogP contribution >= 0.6 is 0 Å². The smallest absolute Gasteiger partial charge is 0.272 e. The van der Waals surface area contributed by atoms with Gasteiger partial charge in [0, 0.05) is 30.7 Å². The number of benzene rings is 1. The van der Waals surface area contributed by atoms with Crippen LogP contribution in [0.2, 0.25) is 0 Å². The van der Waals surface area contributed by atoms with E-state index in [1.807, 2.05) is 0 Å². The summed E-state index contributed by atoms with van der Waals surface area (Å²) in [5, 5.41) is 13.9. The lowest BCUT2D eigenvalue weighted by Gasteiger charge is -2.09. The van der Waals surface area contributed by atoms with Crippen LogP contribution in [0.25, 0.3) is 5.65 Å². The number of phenols is 1. The van der Waals surface area contributed by atoms with Crippen LogP contribution in [-0.2, 0) is 0 Å². The monoisotopic (exact) mass is 340 g/mol. The number of aromatic nitrogens is 2. The Bertz CT molecular complexity index is 949. The molecule has 8 nitrogen and oxygen atoms in total. The standard InChI is InChI=1S/C17H16N4O4/c1-24-12-7-14(22)13(15(8-12)25-2)9-19-20-17(23)11-3-4-16-18-5-6-21(16)10-11/h3-10,22H,1-2H3,(H,20,23)/b19-9-. The molecule has 0 saturated heterocycles. The Morgan fingerprint density at radius 2 is 2.16 bits per heavy atom. The number of amides is 1. The van der Waals surface area contributed by atoms with Gasteiger partial charge in [-0.15, -0.1) is 0 Å². The summed E-state index contributed by atoms with van der Waals surface area (Å²) in [6.45, 7) is 0. The summed E-state index contributed by atoms with van der Waals surface area (Å²) in [6, 6.07) is 6.42. The van der Waals surface area contributed by atoms with E-state index in [0.717, 1.165) is 5.65 Å². The molecule has 2 aromatic heterocycles. The molecule has 2 heterocycles. The Morgan fingerprint density at radius 1 is 1.32 bits per heavy atom. The van der Waals surface area contributed by atoms with Crippen LogP contribution in [0.5, 0.6) is 17.2 Å². The second kappa shape index (κ2) is 6.91. The van der Waals surface area contributed by atoms with Gasteiger partial charge in [0.25, 0.3) is 5.91 Å². The Balaban J connectivity index is 1.77. The van der Waals surface area contributed by atoms with Crippen molar-refractivity contribution < 1.29 is 19.4 Å². The predicted molar refractivity (Wildman–Crippen MR) is 91.5 cm³/mol. The van der Waals surface area contributed by atoms with Gasteiger partial charge in [-0.1, -0.05) is 0 Å². The molecular formula is C17H16N4O4. The number of phenolic OH excluding ortho intramolecular Hbond substituents is 1. The second-order valence-corrected chi connectivity index (χ2v) is 5.07. The lowest BCUT2D eigenvalue weighted by molar-refractivity contribution is 0.0954. The number of imidazole rings is 1. The van der Waals surface area contributed by atoms with E-state index in [2.05, 4.69) is 15.5 Å².